The van der Waals surface area contributed by atoms with Crippen LogP contribution in [0, 0.1) is 6.92 Å². The van der Waals surface area contributed by atoms with Crippen LogP contribution in [0.1, 0.15) is 17.0 Å². The van der Waals surface area contributed by atoms with Crippen molar-refractivity contribution in [3.05, 3.63) is 59.0 Å². The number of hydrogen-bond acceptors (Lipinski definition) is 7. The minimum Gasteiger partial charge on any atom is -0.464 e. The molecule has 1 aromatic carbocycles. The lowest BCUT2D eigenvalue weighted by atomic mass is 10.1. The number of carbonyl (C=O) groups is 1. The summed E-state index contributed by atoms with van der Waals surface area (Å²) in [5.41, 5.74) is 2.67. The Morgan fingerprint density at radius 2 is 2.24 bits per heavy atom. The summed E-state index contributed by atoms with van der Waals surface area (Å²) < 4.78 is 15.8. The number of nitrogens with zero attached hydrogens (tertiary/aromatic N) is 2. The molecule has 6 nitrogen and oxygen atoms in total. The third-order valence-corrected chi connectivity index (χ3v) is 4.58. The average molecular weight is 354 g/mol. The third-order valence-electron chi connectivity index (χ3n) is 3.71. The molecular formula is C18H14N2O4S. The first kappa shape index (κ1) is 15.6. The highest BCUT2D eigenvalue weighted by Crippen LogP contribution is 2.23. The summed E-state index contributed by atoms with van der Waals surface area (Å²) in [6.07, 6.45) is 1.72. The standard InChI is InChI=1S/C18H14N2O4S/c1-11-4-5-13-12(9-22-14(13)7-11)8-17(21)23-10-16-19-18(20-24-16)15-3-2-6-25-15/h2-7,9H,8,10H2,1H3. The van der Waals surface area contributed by atoms with Crippen molar-refractivity contribution >= 4 is 28.3 Å². The van der Waals surface area contributed by atoms with Gasteiger partial charge >= 0.3 is 5.97 Å². The van der Waals surface area contributed by atoms with E-state index in [9.17, 15) is 4.79 Å². The van der Waals surface area contributed by atoms with Gasteiger partial charge in [0.05, 0.1) is 17.6 Å². The molecule has 0 N–H and O–H groups in total. The molecule has 0 bridgehead atoms. The van der Waals surface area contributed by atoms with Crippen LogP contribution in [-0.4, -0.2) is 16.1 Å². The van der Waals surface area contributed by atoms with Crippen molar-refractivity contribution < 1.29 is 18.5 Å². The van der Waals surface area contributed by atoms with Gasteiger partial charge in [0.25, 0.3) is 5.89 Å². The first-order valence-corrected chi connectivity index (χ1v) is 8.56. The fourth-order valence-electron chi connectivity index (χ4n) is 2.50. The Balaban J connectivity index is 1.39. The van der Waals surface area contributed by atoms with E-state index in [-0.39, 0.29) is 24.9 Å². The van der Waals surface area contributed by atoms with Gasteiger partial charge in [-0.25, -0.2) is 0 Å². The van der Waals surface area contributed by atoms with Gasteiger partial charge in [-0.2, -0.15) is 4.98 Å². The van der Waals surface area contributed by atoms with Gasteiger partial charge in [0, 0.05) is 10.9 Å². The van der Waals surface area contributed by atoms with Crippen LogP contribution in [0.2, 0.25) is 0 Å². The van der Waals surface area contributed by atoms with Gasteiger partial charge in [0.15, 0.2) is 6.61 Å². The van der Waals surface area contributed by atoms with Gasteiger partial charge < -0.3 is 13.7 Å². The van der Waals surface area contributed by atoms with Crippen LogP contribution >= 0.6 is 11.3 Å². The lowest BCUT2D eigenvalue weighted by molar-refractivity contribution is -0.144. The summed E-state index contributed by atoms with van der Waals surface area (Å²) in [7, 11) is 0. The highest BCUT2D eigenvalue weighted by Gasteiger charge is 2.14. The van der Waals surface area contributed by atoms with E-state index in [1.165, 1.54) is 11.3 Å². The Kier molecular flexibility index (Phi) is 4.07. The summed E-state index contributed by atoms with van der Waals surface area (Å²) in [6, 6.07) is 9.68. The number of rotatable bonds is 5. The predicted molar refractivity (Wildman–Crippen MR) is 92.1 cm³/mol. The number of aromatic nitrogens is 2. The SMILES string of the molecule is Cc1ccc2c(CC(=O)OCc3nc(-c4cccs4)no3)coc2c1. The largest absolute Gasteiger partial charge is 0.464 e. The molecule has 0 radical (unpaired) electrons. The van der Waals surface area contributed by atoms with Crippen molar-refractivity contribution in [1.82, 2.24) is 10.1 Å². The van der Waals surface area contributed by atoms with E-state index >= 15 is 0 Å². The van der Waals surface area contributed by atoms with Crippen LogP contribution in [0.4, 0.5) is 0 Å². The summed E-state index contributed by atoms with van der Waals surface area (Å²) in [6.45, 7) is 1.94. The lowest BCUT2D eigenvalue weighted by Crippen LogP contribution is -2.07. The fraction of sp³-hybridized carbons (Fsp3) is 0.167. The summed E-state index contributed by atoms with van der Waals surface area (Å²) >= 11 is 1.52. The molecule has 126 valence electrons. The molecule has 3 heterocycles. The van der Waals surface area contributed by atoms with Gasteiger partial charge in [0.1, 0.15) is 5.58 Å². The Hall–Kier alpha value is -2.93. The molecule has 25 heavy (non-hydrogen) atoms. The maximum atomic E-state index is 12.1. The summed E-state index contributed by atoms with van der Waals surface area (Å²) in [5, 5.41) is 6.73. The highest BCUT2D eigenvalue weighted by molar-refractivity contribution is 7.13. The van der Waals surface area contributed by atoms with Crippen LogP contribution in [0.3, 0.4) is 0 Å². The molecule has 0 fully saturated rings. The zero-order chi connectivity index (χ0) is 17.2. The zero-order valence-electron chi connectivity index (χ0n) is 13.4. The van der Waals surface area contributed by atoms with Crippen molar-refractivity contribution in [3.8, 4) is 10.7 Å². The quantitative estimate of drug-likeness (QED) is 0.501. The van der Waals surface area contributed by atoms with Crippen LogP contribution in [-0.2, 0) is 22.6 Å². The summed E-state index contributed by atoms with van der Waals surface area (Å²) in [4.78, 5) is 17.2. The molecule has 4 aromatic rings. The normalized spacial score (nSPS) is 11.1. The van der Waals surface area contributed by atoms with Gasteiger partial charge in [-0.05, 0) is 30.0 Å². The Morgan fingerprint density at radius 1 is 1.32 bits per heavy atom. The van der Waals surface area contributed by atoms with Crippen LogP contribution in [0.5, 0.6) is 0 Å². The van der Waals surface area contributed by atoms with Gasteiger partial charge in [0.2, 0.25) is 5.82 Å². The fourth-order valence-corrected chi connectivity index (χ4v) is 3.14. The molecule has 3 aromatic heterocycles. The second-order valence-electron chi connectivity index (χ2n) is 5.59. The number of carbonyl (C=O) groups excluding carboxylic acids is 1. The number of furan rings is 1. The van der Waals surface area contributed by atoms with Crippen LogP contribution in [0.25, 0.3) is 21.7 Å². The van der Waals surface area contributed by atoms with E-state index in [1.54, 1.807) is 6.26 Å². The first-order chi connectivity index (χ1) is 12.2. The van der Waals surface area contributed by atoms with E-state index in [1.807, 2.05) is 42.6 Å². The van der Waals surface area contributed by atoms with Gasteiger partial charge in [-0.1, -0.05) is 23.4 Å². The molecule has 0 spiro atoms. The summed E-state index contributed by atoms with van der Waals surface area (Å²) in [5.74, 6) is 0.390. The topological polar surface area (TPSA) is 78.4 Å². The second kappa shape index (κ2) is 6.52. The van der Waals surface area contributed by atoms with Crippen molar-refractivity contribution in [3.63, 3.8) is 0 Å². The molecule has 7 heteroatoms. The molecule has 0 amide bonds. The van der Waals surface area contributed by atoms with Crippen LogP contribution < -0.4 is 0 Å². The number of ether oxygens (including phenoxy) is 1. The smallest absolute Gasteiger partial charge is 0.310 e. The molecule has 0 saturated carbocycles. The van der Waals surface area contributed by atoms with E-state index in [4.69, 9.17) is 13.7 Å². The molecule has 0 saturated heterocycles. The second-order valence-corrected chi connectivity index (χ2v) is 6.53. The van der Waals surface area contributed by atoms with E-state index in [2.05, 4.69) is 10.1 Å². The maximum absolute atomic E-state index is 12.1. The van der Waals surface area contributed by atoms with Crippen molar-refractivity contribution in [2.75, 3.05) is 0 Å². The van der Waals surface area contributed by atoms with Crippen molar-refractivity contribution in [1.29, 1.82) is 0 Å². The van der Waals surface area contributed by atoms with Crippen LogP contribution in [0.15, 0.2) is 50.9 Å². The minimum atomic E-state index is -0.376. The molecule has 0 aliphatic heterocycles. The number of esters is 1. The highest BCUT2D eigenvalue weighted by atomic mass is 32.1. The van der Waals surface area contributed by atoms with E-state index in [0.29, 0.717) is 5.82 Å². The molecule has 4 rings (SSSR count). The Morgan fingerprint density at radius 3 is 3.08 bits per heavy atom. The van der Waals surface area contributed by atoms with Gasteiger partial charge in [-0.15, -0.1) is 11.3 Å². The maximum Gasteiger partial charge on any atom is 0.310 e. The third kappa shape index (κ3) is 3.32. The van der Waals surface area contributed by atoms with Gasteiger partial charge in [-0.3, -0.25) is 4.79 Å². The van der Waals surface area contributed by atoms with E-state index < -0.39 is 0 Å². The van der Waals surface area contributed by atoms with Crippen molar-refractivity contribution in [2.45, 2.75) is 20.0 Å². The lowest BCUT2D eigenvalue weighted by Gasteiger charge is -2.00. The molecule has 0 atom stereocenters. The van der Waals surface area contributed by atoms with Crippen molar-refractivity contribution in [2.24, 2.45) is 0 Å². The Bertz CT molecular complexity index is 1020. The zero-order valence-corrected chi connectivity index (χ0v) is 14.2. The van der Waals surface area contributed by atoms with E-state index in [0.717, 1.165) is 27.0 Å². The molecule has 0 unspecified atom stereocenters. The predicted octanol–water partition coefficient (Wildman–Crippen LogP) is 4.14. The number of aryl methyl sites for hydroxylation is 1. The molecule has 0 aliphatic rings. The Labute approximate surface area is 147 Å². The number of hydrogen-bond donors (Lipinski definition) is 0. The first-order valence-electron chi connectivity index (χ1n) is 7.68. The molecule has 0 aliphatic carbocycles. The minimum absolute atomic E-state index is 0.0495. The average Bonchev–Trinajstić information content (AvgIpc) is 3.33. The monoisotopic (exact) mass is 354 g/mol. The number of fused-ring (bicyclic) bond motifs is 1. The molecular weight excluding hydrogens is 340 g/mol. The number of benzene rings is 1. The number of thiophene rings is 1.